The fraction of sp³-hybridized carbons (Fsp3) is 0.833. The monoisotopic (exact) mass is 289 g/mol. The second-order valence-corrected chi connectivity index (χ2v) is 7.54. The summed E-state index contributed by atoms with van der Waals surface area (Å²) in [4.78, 5) is -0.136. The van der Waals surface area contributed by atoms with E-state index < -0.39 is 25.3 Å². The molecular weight excluding hydrogens is 274 g/mol. The van der Waals surface area contributed by atoms with Gasteiger partial charge in [-0.15, -0.1) is 0 Å². The maximum Gasteiger partial charge on any atom is 0.220 e. The molecule has 4 N–H and O–H groups in total. The van der Waals surface area contributed by atoms with Crippen molar-refractivity contribution < 1.29 is 16.8 Å². The van der Waals surface area contributed by atoms with Crippen molar-refractivity contribution in [1.29, 1.82) is 0 Å². The van der Waals surface area contributed by atoms with Crippen LogP contribution >= 0.6 is 12.2 Å². The topological polar surface area (TPSA) is 118 Å². The van der Waals surface area contributed by atoms with Crippen LogP contribution in [0.3, 0.4) is 0 Å². The van der Waals surface area contributed by atoms with E-state index >= 15 is 0 Å². The van der Waals surface area contributed by atoms with E-state index in [-0.39, 0.29) is 18.1 Å². The highest BCUT2D eigenvalue weighted by molar-refractivity contribution is 7.93. The van der Waals surface area contributed by atoms with Crippen LogP contribution in [-0.2, 0) is 20.0 Å². The Labute approximate surface area is 101 Å². The van der Waals surface area contributed by atoms with Gasteiger partial charge in [0, 0.05) is 13.1 Å². The minimum atomic E-state index is -3.63. The number of sulfonamides is 2. The first-order valence-corrected chi connectivity index (χ1v) is 8.13. The Balaban J connectivity index is 4.17. The Morgan fingerprint density at radius 3 is 2.06 bits per heavy atom. The van der Waals surface area contributed by atoms with E-state index in [1.807, 2.05) is 0 Å². The number of rotatable bonds is 7. The van der Waals surface area contributed by atoms with Gasteiger partial charge in [-0.25, -0.2) is 26.3 Å². The number of hydrogen-bond donors (Lipinski definition) is 3. The molecular formula is C6H15N3O4S3. The average molecular weight is 289 g/mol. The lowest BCUT2D eigenvalue weighted by molar-refractivity contribution is 0.571. The van der Waals surface area contributed by atoms with E-state index in [0.717, 1.165) is 6.26 Å². The largest absolute Gasteiger partial charge is 0.392 e. The minimum absolute atomic E-state index is 0.0257. The Morgan fingerprint density at radius 1 is 1.25 bits per heavy atom. The highest BCUT2D eigenvalue weighted by Gasteiger charge is 2.22. The maximum atomic E-state index is 11.4. The van der Waals surface area contributed by atoms with Crippen molar-refractivity contribution in [2.75, 3.05) is 19.3 Å². The summed E-state index contributed by atoms with van der Waals surface area (Å²) in [7, 11) is -6.94. The first-order valence-electron chi connectivity index (χ1n) is 4.28. The van der Waals surface area contributed by atoms with Gasteiger partial charge in [0.1, 0.15) is 5.25 Å². The molecule has 0 aromatic heterocycles. The van der Waals surface area contributed by atoms with E-state index in [4.69, 9.17) is 5.73 Å². The second kappa shape index (κ2) is 5.87. The molecule has 0 saturated heterocycles. The molecule has 0 aliphatic heterocycles. The Kier molecular flexibility index (Phi) is 5.76. The predicted octanol–water partition coefficient (Wildman–Crippen LogP) is -1.87. The van der Waals surface area contributed by atoms with Gasteiger partial charge in [-0.3, -0.25) is 0 Å². The molecule has 0 rings (SSSR count). The molecule has 0 aliphatic carbocycles. The lowest BCUT2D eigenvalue weighted by Gasteiger charge is -2.12. The third-order valence-corrected chi connectivity index (χ3v) is 4.68. The van der Waals surface area contributed by atoms with Gasteiger partial charge in [0.25, 0.3) is 0 Å². The summed E-state index contributed by atoms with van der Waals surface area (Å²) in [6.07, 6.45) is 0.985. The van der Waals surface area contributed by atoms with Crippen molar-refractivity contribution in [3.63, 3.8) is 0 Å². The molecule has 0 fully saturated rings. The highest BCUT2D eigenvalue weighted by atomic mass is 32.2. The molecule has 1 unspecified atom stereocenters. The Morgan fingerprint density at radius 2 is 1.69 bits per heavy atom. The standard InChI is InChI=1S/C6H15N3O4S3/c1-5(6(7)14)16(12,13)9-4-3-8-15(2,10)11/h5,8-9H,3-4H2,1-2H3,(H2,7,14). The second-order valence-electron chi connectivity index (χ2n) is 3.15. The molecule has 0 aliphatic rings. The van der Waals surface area contributed by atoms with Gasteiger partial charge in [-0.05, 0) is 6.92 Å². The molecule has 0 radical (unpaired) electrons. The molecule has 0 aromatic carbocycles. The van der Waals surface area contributed by atoms with Crippen molar-refractivity contribution >= 4 is 37.3 Å². The molecule has 0 spiro atoms. The van der Waals surface area contributed by atoms with Gasteiger partial charge in [-0.2, -0.15) is 0 Å². The molecule has 0 heterocycles. The van der Waals surface area contributed by atoms with Gasteiger partial charge in [0.2, 0.25) is 20.0 Å². The van der Waals surface area contributed by atoms with Crippen LogP contribution in [-0.4, -0.2) is 46.4 Å². The van der Waals surface area contributed by atoms with Crippen LogP contribution in [0.1, 0.15) is 6.92 Å². The Hall–Kier alpha value is -0.290. The fourth-order valence-electron chi connectivity index (χ4n) is 0.708. The normalized spacial score (nSPS) is 14.6. The fourth-order valence-corrected chi connectivity index (χ4v) is 2.50. The molecule has 1 atom stereocenters. The molecule has 10 heteroatoms. The van der Waals surface area contributed by atoms with Crippen LogP contribution in [0.5, 0.6) is 0 Å². The lowest BCUT2D eigenvalue weighted by atomic mass is 10.5. The molecule has 7 nitrogen and oxygen atoms in total. The van der Waals surface area contributed by atoms with Crippen molar-refractivity contribution in [1.82, 2.24) is 9.44 Å². The van der Waals surface area contributed by atoms with Crippen LogP contribution in [0.25, 0.3) is 0 Å². The van der Waals surface area contributed by atoms with Crippen molar-refractivity contribution in [2.24, 2.45) is 5.73 Å². The summed E-state index contributed by atoms with van der Waals surface area (Å²) in [6.45, 7) is 1.28. The summed E-state index contributed by atoms with van der Waals surface area (Å²) in [5.41, 5.74) is 5.20. The quantitative estimate of drug-likeness (QED) is 0.373. The molecule has 0 saturated carbocycles. The van der Waals surface area contributed by atoms with Gasteiger partial charge in [0.05, 0.1) is 11.2 Å². The van der Waals surface area contributed by atoms with Gasteiger partial charge < -0.3 is 5.73 Å². The molecule has 16 heavy (non-hydrogen) atoms. The van der Waals surface area contributed by atoms with Gasteiger partial charge >= 0.3 is 0 Å². The van der Waals surface area contributed by atoms with Crippen molar-refractivity contribution in [2.45, 2.75) is 12.2 Å². The Bertz CT molecular complexity index is 442. The summed E-state index contributed by atoms with van der Waals surface area (Å²) >= 11 is 4.55. The van der Waals surface area contributed by atoms with Crippen LogP contribution in [0, 0.1) is 0 Å². The highest BCUT2D eigenvalue weighted by Crippen LogP contribution is 1.97. The number of hydrogen-bond acceptors (Lipinski definition) is 5. The first kappa shape index (κ1) is 15.7. The molecule has 0 bridgehead atoms. The minimum Gasteiger partial charge on any atom is -0.392 e. The SMILES string of the molecule is CC(C(N)=S)S(=O)(=O)NCCNS(C)(=O)=O. The lowest BCUT2D eigenvalue weighted by Crippen LogP contribution is -2.42. The molecule has 0 amide bonds. The van der Waals surface area contributed by atoms with Crippen LogP contribution in [0.4, 0.5) is 0 Å². The van der Waals surface area contributed by atoms with E-state index in [1.165, 1.54) is 6.92 Å². The summed E-state index contributed by atoms with van der Waals surface area (Å²) < 4.78 is 48.6. The van der Waals surface area contributed by atoms with Crippen LogP contribution in [0.15, 0.2) is 0 Å². The van der Waals surface area contributed by atoms with Crippen LogP contribution in [0.2, 0.25) is 0 Å². The molecule has 0 aromatic rings. The number of nitrogens with one attached hydrogen (secondary N) is 2. The van der Waals surface area contributed by atoms with Crippen molar-refractivity contribution in [3.05, 3.63) is 0 Å². The van der Waals surface area contributed by atoms with E-state index in [0.29, 0.717) is 0 Å². The molecule has 96 valence electrons. The zero-order valence-corrected chi connectivity index (χ0v) is 11.4. The third kappa shape index (κ3) is 6.33. The number of nitrogens with two attached hydrogens (primary N) is 1. The zero-order valence-electron chi connectivity index (χ0n) is 8.93. The van der Waals surface area contributed by atoms with E-state index in [2.05, 4.69) is 21.7 Å². The smallest absolute Gasteiger partial charge is 0.220 e. The van der Waals surface area contributed by atoms with Crippen LogP contribution < -0.4 is 15.2 Å². The number of thiocarbonyl (C=S) groups is 1. The van der Waals surface area contributed by atoms with Gasteiger partial charge in [-0.1, -0.05) is 12.2 Å². The first-order chi connectivity index (χ1) is 7.06. The summed E-state index contributed by atoms with van der Waals surface area (Å²) in [5, 5.41) is -0.985. The maximum absolute atomic E-state index is 11.4. The van der Waals surface area contributed by atoms with E-state index in [9.17, 15) is 16.8 Å². The van der Waals surface area contributed by atoms with Crippen molar-refractivity contribution in [3.8, 4) is 0 Å². The third-order valence-electron chi connectivity index (χ3n) is 1.66. The van der Waals surface area contributed by atoms with E-state index in [1.54, 1.807) is 0 Å². The van der Waals surface area contributed by atoms with Gasteiger partial charge in [0.15, 0.2) is 0 Å². The summed E-state index contributed by atoms with van der Waals surface area (Å²) in [5.74, 6) is 0. The zero-order chi connectivity index (χ0) is 13.0. The average Bonchev–Trinajstić information content (AvgIpc) is 2.09. The summed E-state index contributed by atoms with van der Waals surface area (Å²) in [6, 6.07) is 0. The predicted molar refractivity (Wildman–Crippen MR) is 66.0 cm³/mol.